The molecule has 0 unspecified atom stereocenters. The van der Waals surface area contributed by atoms with Gasteiger partial charge in [0, 0.05) is 5.56 Å². The van der Waals surface area contributed by atoms with Crippen LogP contribution < -0.4 is 14.9 Å². The number of carbonyl (C=O) groups is 1. The molecule has 0 bridgehead atoms. The van der Waals surface area contributed by atoms with E-state index in [4.69, 9.17) is 13.9 Å². The first-order valence-electron chi connectivity index (χ1n) is 7.10. The van der Waals surface area contributed by atoms with Crippen LogP contribution in [0.25, 0.3) is 0 Å². The van der Waals surface area contributed by atoms with Crippen LogP contribution in [-0.2, 0) is 0 Å². The first-order chi connectivity index (χ1) is 11.0. The van der Waals surface area contributed by atoms with Gasteiger partial charge in [-0.3, -0.25) is 4.79 Å². The Bertz CT molecular complexity index is 747. The van der Waals surface area contributed by atoms with Crippen molar-refractivity contribution in [2.75, 3.05) is 14.2 Å². The smallest absolute Gasteiger partial charge is 0.274 e. The standard InChI is InChI=1S/C17H20N2O4/c1-10-8-14(12(3)23-10)17(20)19-18-11(2)13-6-7-15(21-4)16(9-13)22-5/h6-9H,1-5H3,(H,19,20). The Kier molecular flexibility index (Phi) is 5.05. The number of hydrogen-bond donors (Lipinski definition) is 1. The molecule has 1 aromatic carbocycles. The van der Waals surface area contributed by atoms with Gasteiger partial charge in [0.05, 0.1) is 25.5 Å². The number of methoxy groups -OCH3 is 2. The number of nitrogens with one attached hydrogen (secondary N) is 1. The fourth-order valence-corrected chi connectivity index (χ4v) is 2.18. The topological polar surface area (TPSA) is 73.1 Å². The highest BCUT2D eigenvalue weighted by Gasteiger charge is 2.13. The van der Waals surface area contributed by atoms with Gasteiger partial charge < -0.3 is 13.9 Å². The molecule has 6 nitrogen and oxygen atoms in total. The van der Waals surface area contributed by atoms with Gasteiger partial charge in [0.1, 0.15) is 11.5 Å². The molecule has 1 aromatic heterocycles. The summed E-state index contributed by atoms with van der Waals surface area (Å²) in [5.74, 6) is 2.19. The molecular formula is C17H20N2O4. The minimum Gasteiger partial charge on any atom is -0.493 e. The van der Waals surface area contributed by atoms with Crippen LogP contribution in [0, 0.1) is 13.8 Å². The molecule has 1 N–H and O–H groups in total. The lowest BCUT2D eigenvalue weighted by atomic mass is 10.1. The molecule has 6 heteroatoms. The second-order valence-electron chi connectivity index (χ2n) is 5.03. The molecule has 1 amide bonds. The van der Waals surface area contributed by atoms with Crippen molar-refractivity contribution in [3.63, 3.8) is 0 Å². The summed E-state index contributed by atoms with van der Waals surface area (Å²) in [5, 5.41) is 4.13. The highest BCUT2D eigenvalue weighted by atomic mass is 16.5. The van der Waals surface area contributed by atoms with Crippen LogP contribution in [0.1, 0.15) is 34.4 Å². The van der Waals surface area contributed by atoms with Crippen molar-refractivity contribution in [3.8, 4) is 11.5 Å². The number of hydrogen-bond acceptors (Lipinski definition) is 5. The molecule has 0 atom stereocenters. The van der Waals surface area contributed by atoms with E-state index in [1.54, 1.807) is 53.2 Å². The molecule has 0 spiro atoms. The van der Waals surface area contributed by atoms with Crippen LogP contribution >= 0.6 is 0 Å². The maximum Gasteiger partial charge on any atom is 0.274 e. The molecule has 1 heterocycles. The second-order valence-corrected chi connectivity index (χ2v) is 5.03. The molecule has 23 heavy (non-hydrogen) atoms. The normalized spacial score (nSPS) is 11.3. The quantitative estimate of drug-likeness (QED) is 0.679. The zero-order valence-electron chi connectivity index (χ0n) is 13.9. The van der Waals surface area contributed by atoms with E-state index in [0.29, 0.717) is 34.3 Å². The van der Waals surface area contributed by atoms with Crippen LogP contribution in [-0.4, -0.2) is 25.8 Å². The van der Waals surface area contributed by atoms with Crippen molar-refractivity contribution in [3.05, 3.63) is 46.9 Å². The molecule has 0 aliphatic carbocycles. The summed E-state index contributed by atoms with van der Waals surface area (Å²) in [6.07, 6.45) is 0. The number of nitrogens with zero attached hydrogens (tertiary/aromatic N) is 1. The first kappa shape index (κ1) is 16.6. The molecule has 0 aliphatic rings. The molecule has 2 rings (SSSR count). The highest BCUT2D eigenvalue weighted by Crippen LogP contribution is 2.27. The van der Waals surface area contributed by atoms with Gasteiger partial charge in [-0.1, -0.05) is 0 Å². The molecule has 0 aliphatic heterocycles. The summed E-state index contributed by atoms with van der Waals surface area (Å²) in [6.45, 7) is 5.34. The summed E-state index contributed by atoms with van der Waals surface area (Å²) in [7, 11) is 3.15. The van der Waals surface area contributed by atoms with Crippen LogP contribution in [0.3, 0.4) is 0 Å². The Morgan fingerprint density at radius 3 is 2.39 bits per heavy atom. The van der Waals surface area contributed by atoms with E-state index in [2.05, 4.69) is 10.5 Å². The van der Waals surface area contributed by atoms with Gasteiger partial charge >= 0.3 is 0 Å². The van der Waals surface area contributed by atoms with E-state index in [1.165, 1.54) is 0 Å². The summed E-state index contributed by atoms with van der Waals surface area (Å²) in [5.41, 5.74) is 4.48. The maximum absolute atomic E-state index is 12.1. The van der Waals surface area contributed by atoms with E-state index in [1.807, 2.05) is 6.07 Å². The van der Waals surface area contributed by atoms with Crippen molar-refractivity contribution in [1.82, 2.24) is 5.43 Å². The SMILES string of the molecule is COc1ccc(C(C)=NNC(=O)c2cc(C)oc2C)cc1OC. The van der Waals surface area contributed by atoms with E-state index >= 15 is 0 Å². The van der Waals surface area contributed by atoms with Crippen molar-refractivity contribution in [1.29, 1.82) is 0 Å². The van der Waals surface area contributed by atoms with Gasteiger partial charge in [0.25, 0.3) is 5.91 Å². The second kappa shape index (κ2) is 7.00. The van der Waals surface area contributed by atoms with Crippen LogP contribution in [0.5, 0.6) is 11.5 Å². The van der Waals surface area contributed by atoms with Crippen molar-refractivity contribution in [2.24, 2.45) is 5.10 Å². The predicted octanol–water partition coefficient (Wildman–Crippen LogP) is 3.07. The number of carbonyl (C=O) groups excluding carboxylic acids is 1. The maximum atomic E-state index is 12.1. The van der Waals surface area contributed by atoms with Gasteiger partial charge in [-0.2, -0.15) is 5.10 Å². The number of furan rings is 1. The average Bonchev–Trinajstić information content (AvgIpc) is 2.90. The number of benzene rings is 1. The predicted molar refractivity (Wildman–Crippen MR) is 87.4 cm³/mol. The third-order valence-electron chi connectivity index (χ3n) is 3.41. The van der Waals surface area contributed by atoms with E-state index in [-0.39, 0.29) is 5.91 Å². The van der Waals surface area contributed by atoms with Gasteiger partial charge in [-0.25, -0.2) is 5.43 Å². The lowest BCUT2D eigenvalue weighted by Crippen LogP contribution is -2.19. The number of aryl methyl sites for hydroxylation is 2. The number of amides is 1. The summed E-state index contributed by atoms with van der Waals surface area (Å²) in [6, 6.07) is 7.13. The zero-order chi connectivity index (χ0) is 17.0. The Morgan fingerprint density at radius 1 is 1.13 bits per heavy atom. The molecule has 2 aromatic rings. The first-order valence-corrected chi connectivity index (χ1v) is 7.10. The summed E-state index contributed by atoms with van der Waals surface area (Å²) < 4.78 is 15.8. The lowest BCUT2D eigenvalue weighted by Gasteiger charge is -2.09. The van der Waals surface area contributed by atoms with Crippen molar-refractivity contribution in [2.45, 2.75) is 20.8 Å². The Hall–Kier alpha value is -2.76. The van der Waals surface area contributed by atoms with Gasteiger partial charge in [0.2, 0.25) is 0 Å². The lowest BCUT2D eigenvalue weighted by molar-refractivity contribution is 0.0953. The van der Waals surface area contributed by atoms with E-state index < -0.39 is 0 Å². The molecule has 0 saturated heterocycles. The fraction of sp³-hybridized carbons (Fsp3) is 0.294. The van der Waals surface area contributed by atoms with Gasteiger partial charge in [-0.05, 0) is 45.0 Å². The van der Waals surface area contributed by atoms with Gasteiger partial charge in [0.15, 0.2) is 11.5 Å². The van der Waals surface area contributed by atoms with Crippen LogP contribution in [0.4, 0.5) is 0 Å². The average molecular weight is 316 g/mol. The molecule has 0 fully saturated rings. The fourth-order valence-electron chi connectivity index (χ4n) is 2.18. The molecule has 0 saturated carbocycles. The third-order valence-corrected chi connectivity index (χ3v) is 3.41. The highest BCUT2D eigenvalue weighted by molar-refractivity contribution is 6.01. The largest absolute Gasteiger partial charge is 0.493 e. The van der Waals surface area contributed by atoms with E-state index in [0.717, 1.165) is 5.56 Å². The third kappa shape index (κ3) is 3.71. The van der Waals surface area contributed by atoms with Crippen molar-refractivity contribution < 1.29 is 18.7 Å². The minimum absolute atomic E-state index is 0.306. The Balaban J connectivity index is 2.16. The molecular weight excluding hydrogens is 296 g/mol. The number of hydrazone groups is 1. The number of rotatable bonds is 5. The molecule has 122 valence electrons. The van der Waals surface area contributed by atoms with Crippen molar-refractivity contribution >= 4 is 11.6 Å². The van der Waals surface area contributed by atoms with Crippen LogP contribution in [0.15, 0.2) is 33.8 Å². The Labute approximate surface area is 135 Å². The van der Waals surface area contributed by atoms with Gasteiger partial charge in [-0.15, -0.1) is 0 Å². The summed E-state index contributed by atoms with van der Waals surface area (Å²) in [4.78, 5) is 12.1. The molecule has 0 radical (unpaired) electrons. The number of ether oxygens (including phenoxy) is 2. The minimum atomic E-state index is -0.306. The summed E-state index contributed by atoms with van der Waals surface area (Å²) >= 11 is 0. The zero-order valence-corrected chi connectivity index (χ0v) is 13.9. The monoisotopic (exact) mass is 316 g/mol. The van der Waals surface area contributed by atoms with E-state index in [9.17, 15) is 4.79 Å². The van der Waals surface area contributed by atoms with Crippen LogP contribution in [0.2, 0.25) is 0 Å². The Morgan fingerprint density at radius 2 is 1.83 bits per heavy atom.